The number of rotatable bonds is 9. The molecule has 0 heterocycles. The van der Waals surface area contributed by atoms with Gasteiger partial charge in [-0.05, 0) is 42.0 Å². The van der Waals surface area contributed by atoms with Crippen LogP contribution in [0.5, 0.6) is 5.75 Å². The van der Waals surface area contributed by atoms with Crippen LogP contribution in [0.3, 0.4) is 0 Å². The number of carboxylic acids is 1. The van der Waals surface area contributed by atoms with Crippen molar-refractivity contribution in [3.05, 3.63) is 60.2 Å². The first-order valence-electron chi connectivity index (χ1n) is 7.68. The van der Waals surface area contributed by atoms with Gasteiger partial charge in [0.2, 0.25) is 10.0 Å². The lowest BCUT2D eigenvalue weighted by Gasteiger charge is -2.05. The van der Waals surface area contributed by atoms with E-state index >= 15 is 0 Å². The summed E-state index contributed by atoms with van der Waals surface area (Å²) in [5.41, 5.74) is 2.83. The second kappa shape index (κ2) is 9.46. The van der Waals surface area contributed by atoms with E-state index in [2.05, 4.69) is 15.2 Å². The number of carboxylic acid groups (broad SMARTS) is 1. The second-order valence-electron chi connectivity index (χ2n) is 5.18. The fraction of sp³-hybridized carbons (Fsp3) is 0.118. The summed E-state index contributed by atoms with van der Waals surface area (Å²) < 4.78 is 31.1. The van der Waals surface area contributed by atoms with Crippen molar-refractivity contribution in [2.24, 2.45) is 5.10 Å². The Morgan fingerprint density at radius 3 is 2.37 bits per heavy atom. The van der Waals surface area contributed by atoms with Gasteiger partial charge in [-0.25, -0.2) is 23.4 Å². The molecule has 2 aromatic carbocycles. The molecule has 9 nitrogen and oxygen atoms in total. The minimum absolute atomic E-state index is 0.0616. The van der Waals surface area contributed by atoms with Gasteiger partial charge in [-0.3, -0.25) is 4.79 Å². The third-order valence-electron chi connectivity index (χ3n) is 3.12. The number of hydrogen-bond acceptors (Lipinski definition) is 6. The molecule has 0 atom stereocenters. The van der Waals surface area contributed by atoms with E-state index in [-0.39, 0.29) is 4.90 Å². The molecule has 0 bridgehead atoms. The van der Waals surface area contributed by atoms with Crippen molar-refractivity contribution in [1.82, 2.24) is 10.1 Å². The number of ether oxygens (including phenoxy) is 1. The van der Waals surface area contributed by atoms with Gasteiger partial charge in [-0.1, -0.05) is 18.2 Å². The molecule has 0 aliphatic rings. The normalized spacial score (nSPS) is 11.3. The number of nitrogens with one attached hydrogen (secondary N) is 2. The van der Waals surface area contributed by atoms with Crippen molar-refractivity contribution in [2.45, 2.75) is 4.90 Å². The molecule has 0 aromatic heterocycles. The van der Waals surface area contributed by atoms with Gasteiger partial charge in [-0.2, -0.15) is 5.10 Å². The summed E-state index contributed by atoms with van der Waals surface area (Å²) in [7, 11) is -3.77. The summed E-state index contributed by atoms with van der Waals surface area (Å²) in [6.07, 6.45) is 1.35. The maximum Gasteiger partial charge on any atom is 0.341 e. The first-order chi connectivity index (χ1) is 12.9. The average molecular weight is 391 g/mol. The van der Waals surface area contributed by atoms with E-state index in [4.69, 9.17) is 9.84 Å². The molecule has 0 aliphatic carbocycles. The highest BCUT2D eigenvalue weighted by atomic mass is 32.2. The number of nitrogens with zero attached hydrogens (tertiary/aromatic N) is 1. The minimum atomic E-state index is -3.77. The minimum Gasteiger partial charge on any atom is -0.482 e. The highest BCUT2D eigenvalue weighted by Gasteiger charge is 2.14. The Labute approximate surface area is 155 Å². The maximum absolute atomic E-state index is 12.0. The molecule has 0 radical (unpaired) electrons. The lowest BCUT2D eigenvalue weighted by atomic mass is 10.2. The topological polar surface area (TPSA) is 134 Å². The molecule has 1 amide bonds. The van der Waals surface area contributed by atoms with E-state index in [0.29, 0.717) is 11.3 Å². The van der Waals surface area contributed by atoms with Crippen LogP contribution in [0.25, 0.3) is 0 Å². The smallest absolute Gasteiger partial charge is 0.341 e. The largest absolute Gasteiger partial charge is 0.482 e. The highest BCUT2D eigenvalue weighted by Crippen LogP contribution is 2.10. The average Bonchev–Trinajstić information content (AvgIpc) is 2.66. The maximum atomic E-state index is 12.0. The van der Waals surface area contributed by atoms with Crippen molar-refractivity contribution < 1.29 is 27.9 Å². The zero-order chi connectivity index (χ0) is 19.7. The van der Waals surface area contributed by atoms with E-state index in [1.54, 1.807) is 42.5 Å². The SMILES string of the molecule is O=C(O)COc1ccc(/C=N/NC(=O)CNS(=O)(=O)c2ccccc2)cc1. The van der Waals surface area contributed by atoms with Crippen LogP contribution in [0.4, 0.5) is 0 Å². The predicted molar refractivity (Wildman–Crippen MR) is 96.9 cm³/mol. The molecule has 0 fully saturated rings. The van der Waals surface area contributed by atoms with Crippen molar-refractivity contribution in [3.8, 4) is 5.75 Å². The summed E-state index contributed by atoms with van der Waals surface area (Å²) in [5.74, 6) is -1.33. The molecule has 2 rings (SSSR count). The van der Waals surface area contributed by atoms with Crippen LogP contribution >= 0.6 is 0 Å². The van der Waals surface area contributed by atoms with Crippen LogP contribution in [0.1, 0.15) is 5.56 Å². The molecule has 0 saturated carbocycles. The van der Waals surface area contributed by atoms with Gasteiger partial charge in [0.25, 0.3) is 5.91 Å². The molecule has 10 heteroatoms. The molecule has 2 aromatic rings. The Morgan fingerprint density at radius 2 is 1.74 bits per heavy atom. The van der Waals surface area contributed by atoms with Crippen molar-refractivity contribution in [2.75, 3.05) is 13.2 Å². The first-order valence-corrected chi connectivity index (χ1v) is 9.16. The van der Waals surface area contributed by atoms with Crippen LogP contribution in [-0.2, 0) is 19.6 Å². The van der Waals surface area contributed by atoms with E-state index in [9.17, 15) is 18.0 Å². The summed E-state index contributed by atoms with van der Waals surface area (Å²) in [4.78, 5) is 22.2. The Balaban J connectivity index is 1.80. The monoisotopic (exact) mass is 391 g/mol. The molecular weight excluding hydrogens is 374 g/mol. The predicted octanol–water partition coefficient (Wildman–Crippen LogP) is 0.579. The zero-order valence-electron chi connectivity index (χ0n) is 14.0. The Bertz CT molecular complexity index is 911. The molecule has 0 aliphatic heterocycles. The van der Waals surface area contributed by atoms with Gasteiger partial charge >= 0.3 is 5.97 Å². The Hall–Kier alpha value is -3.24. The van der Waals surface area contributed by atoms with Gasteiger partial charge in [0.05, 0.1) is 17.7 Å². The Morgan fingerprint density at radius 1 is 1.07 bits per heavy atom. The lowest BCUT2D eigenvalue weighted by molar-refractivity contribution is -0.139. The quantitative estimate of drug-likeness (QED) is 0.423. The fourth-order valence-corrected chi connectivity index (χ4v) is 2.86. The summed E-state index contributed by atoms with van der Waals surface area (Å²) in [6.45, 7) is -0.904. The third kappa shape index (κ3) is 6.88. The van der Waals surface area contributed by atoms with E-state index in [1.807, 2.05) is 0 Å². The van der Waals surface area contributed by atoms with Crippen molar-refractivity contribution in [1.29, 1.82) is 0 Å². The van der Waals surface area contributed by atoms with Crippen LogP contribution in [-0.4, -0.2) is 44.8 Å². The molecule has 142 valence electrons. The standard InChI is InChI=1S/C17H17N3O6S/c21-16(11-19-27(24,25)15-4-2-1-3-5-15)20-18-10-13-6-8-14(9-7-13)26-12-17(22)23/h1-10,19H,11-12H2,(H,20,21)(H,22,23)/b18-10+. The zero-order valence-corrected chi connectivity index (χ0v) is 14.8. The first kappa shape index (κ1) is 20.1. The van der Waals surface area contributed by atoms with Crippen molar-refractivity contribution >= 4 is 28.1 Å². The lowest BCUT2D eigenvalue weighted by Crippen LogP contribution is -2.34. The molecule has 0 unspecified atom stereocenters. The second-order valence-corrected chi connectivity index (χ2v) is 6.95. The Kier molecular flexibility index (Phi) is 7.03. The molecule has 3 N–H and O–H groups in total. The van der Waals surface area contributed by atoms with Gasteiger partial charge in [0, 0.05) is 0 Å². The van der Waals surface area contributed by atoms with Crippen LogP contribution in [0.2, 0.25) is 0 Å². The summed E-state index contributed by atoms with van der Waals surface area (Å²) in [6, 6.07) is 14.0. The number of amides is 1. The van der Waals surface area contributed by atoms with Gasteiger partial charge in [0.1, 0.15) is 5.75 Å². The van der Waals surface area contributed by atoms with E-state index in [0.717, 1.165) is 0 Å². The van der Waals surface area contributed by atoms with Gasteiger partial charge < -0.3 is 9.84 Å². The number of hydrazone groups is 1. The molecular formula is C17H17N3O6S. The van der Waals surface area contributed by atoms with Crippen molar-refractivity contribution in [3.63, 3.8) is 0 Å². The molecule has 0 saturated heterocycles. The molecule has 0 spiro atoms. The summed E-state index contributed by atoms with van der Waals surface area (Å²) in [5, 5.41) is 12.3. The van der Waals surface area contributed by atoms with Gasteiger partial charge in [0.15, 0.2) is 6.61 Å². The third-order valence-corrected chi connectivity index (χ3v) is 4.54. The van der Waals surface area contributed by atoms with E-state index in [1.165, 1.54) is 18.3 Å². The van der Waals surface area contributed by atoms with E-state index < -0.39 is 35.1 Å². The highest BCUT2D eigenvalue weighted by molar-refractivity contribution is 7.89. The summed E-state index contributed by atoms with van der Waals surface area (Å²) >= 11 is 0. The van der Waals surface area contributed by atoms with Gasteiger partial charge in [-0.15, -0.1) is 0 Å². The van der Waals surface area contributed by atoms with Crippen LogP contribution in [0.15, 0.2) is 64.6 Å². The number of benzene rings is 2. The number of carbonyl (C=O) groups is 2. The number of sulfonamides is 1. The molecule has 27 heavy (non-hydrogen) atoms. The fourth-order valence-electron chi connectivity index (χ4n) is 1.86. The van der Waals surface area contributed by atoms with Crippen LogP contribution < -0.4 is 14.9 Å². The number of aliphatic carboxylic acids is 1. The van der Waals surface area contributed by atoms with Crippen LogP contribution in [0, 0.1) is 0 Å². The number of carbonyl (C=O) groups excluding carboxylic acids is 1. The number of hydrogen-bond donors (Lipinski definition) is 3.